The van der Waals surface area contributed by atoms with Crippen molar-refractivity contribution in [1.82, 2.24) is 0 Å². The van der Waals surface area contributed by atoms with Gasteiger partial charge in [-0.3, -0.25) is 0 Å². The minimum atomic E-state index is -3.25. The number of allylic oxidation sites excluding steroid dienone is 12. The quantitative estimate of drug-likeness (QED) is 0.133. The van der Waals surface area contributed by atoms with Crippen LogP contribution in [0.3, 0.4) is 0 Å². The van der Waals surface area contributed by atoms with Gasteiger partial charge in [0.05, 0.1) is 17.1 Å². The number of hydrogen-bond acceptors (Lipinski definition) is 3. The van der Waals surface area contributed by atoms with Gasteiger partial charge in [0, 0.05) is 0 Å². The minimum absolute atomic E-state index is 0.0455. The van der Waals surface area contributed by atoms with E-state index in [0.717, 1.165) is 75.4 Å². The topological polar surface area (TPSA) is 54.4 Å². The summed E-state index contributed by atoms with van der Waals surface area (Å²) in [5.41, 5.74) is 9.08. The molecule has 0 rings (SSSR count). The summed E-state index contributed by atoms with van der Waals surface area (Å²) in [7, 11) is -3.25. The van der Waals surface area contributed by atoms with Crippen molar-refractivity contribution in [2.24, 2.45) is 0 Å². The maximum Gasteiger partial charge on any atom is 0.159 e. The van der Waals surface area contributed by atoms with Gasteiger partial charge in [0.25, 0.3) is 0 Å². The Morgan fingerprint density at radius 3 is 1.29 bits per heavy atom. The van der Waals surface area contributed by atoms with Crippen LogP contribution in [0.25, 0.3) is 0 Å². The lowest BCUT2D eigenvalue weighted by molar-refractivity contribution is 0.341. The Morgan fingerprint density at radius 1 is 0.548 bits per heavy atom. The molecule has 0 aromatic rings. The van der Waals surface area contributed by atoms with Crippen LogP contribution in [0, 0.1) is 0 Å². The Labute approximate surface area is 261 Å². The van der Waals surface area contributed by atoms with Gasteiger partial charge >= 0.3 is 0 Å². The normalized spacial score (nSPS) is 15.4. The summed E-state index contributed by atoms with van der Waals surface area (Å²) in [6.45, 7) is 20.7. The van der Waals surface area contributed by atoms with Gasteiger partial charge in [-0.1, -0.05) is 81.5 Å². The Hall–Kier alpha value is -1.91. The first kappa shape index (κ1) is 40.1. The first-order chi connectivity index (χ1) is 19.7. The van der Waals surface area contributed by atoms with E-state index in [-0.39, 0.29) is 6.61 Å². The van der Waals surface area contributed by atoms with Crippen LogP contribution < -0.4 is 0 Å². The zero-order chi connectivity index (χ0) is 32.1. The van der Waals surface area contributed by atoms with Crippen LogP contribution in [0.5, 0.6) is 0 Å². The van der Waals surface area contributed by atoms with Gasteiger partial charge in [-0.15, -0.1) is 0 Å². The molecule has 0 bridgehead atoms. The molecule has 0 heterocycles. The van der Waals surface area contributed by atoms with E-state index in [1.54, 1.807) is 19.9 Å². The second-order valence-electron chi connectivity index (χ2n) is 12.7. The number of aliphatic hydroxyl groups excluding tert-OH is 1. The molecule has 1 unspecified atom stereocenters. The Bertz CT molecular complexity index is 1100. The number of rotatable bonds is 21. The highest BCUT2D eigenvalue weighted by Crippen LogP contribution is 2.24. The van der Waals surface area contributed by atoms with Crippen LogP contribution in [-0.4, -0.2) is 30.6 Å². The Balaban J connectivity index is 4.85. The van der Waals surface area contributed by atoms with Crippen molar-refractivity contribution in [3.8, 4) is 0 Å². The number of hydrogen-bond donors (Lipinski definition) is 1. The third-order valence-electron chi connectivity index (χ3n) is 7.87. The molecule has 0 radical (unpaired) electrons. The molecule has 240 valence electrons. The van der Waals surface area contributed by atoms with Gasteiger partial charge in [-0.2, -0.15) is 0 Å². The van der Waals surface area contributed by atoms with Gasteiger partial charge in [0.15, 0.2) is 9.84 Å². The summed E-state index contributed by atoms with van der Waals surface area (Å²) in [6.07, 6.45) is 26.3. The van der Waals surface area contributed by atoms with E-state index in [1.807, 2.05) is 13.8 Å². The molecule has 1 atom stereocenters. The summed E-state index contributed by atoms with van der Waals surface area (Å²) < 4.78 is 26.3. The van der Waals surface area contributed by atoms with Crippen LogP contribution in [-0.2, 0) is 9.84 Å². The number of aliphatic hydroxyl groups is 1. The fourth-order valence-electron chi connectivity index (χ4n) is 4.77. The second-order valence-corrected chi connectivity index (χ2v) is 15.4. The average molecular weight is 601 g/mol. The summed E-state index contributed by atoms with van der Waals surface area (Å²) in [4.78, 5) is 0. The monoisotopic (exact) mass is 600 g/mol. The first-order valence-corrected chi connectivity index (χ1v) is 17.7. The van der Waals surface area contributed by atoms with Crippen molar-refractivity contribution in [3.63, 3.8) is 0 Å². The van der Waals surface area contributed by atoms with E-state index in [1.165, 1.54) is 27.9 Å². The molecule has 0 aliphatic heterocycles. The summed E-state index contributed by atoms with van der Waals surface area (Å²) in [5.74, 6) is 0. The molecule has 0 spiro atoms. The molecule has 0 saturated heterocycles. The third-order valence-corrected chi connectivity index (χ3v) is 10.5. The molecule has 1 N–H and O–H groups in total. The highest BCUT2D eigenvalue weighted by molar-refractivity contribution is 7.92. The van der Waals surface area contributed by atoms with Crippen LogP contribution in [0.4, 0.5) is 0 Å². The van der Waals surface area contributed by atoms with Crippen molar-refractivity contribution in [1.29, 1.82) is 0 Å². The van der Waals surface area contributed by atoms with Crippen molar-refractivity contribution in [2.45, 2.75) is 150 Å². The first-order valence-electron chi connectivity index (χ1n) is 16.1. The van der Waals surface area contributed by atoms with Crippen molar-refractivity contribution in [2.75, 3.05) is 6.61 Å². The highest BCUT2D eigenvalue weighted by atomic mass is 32.2. The Morgan fingerprint density at radius 2 is 0.905 bits per heavy atom. The third kappa shape index (κ3) is 19.3. The van der Waals surface area contributed by atoms with Gasteiger partial charge in [0.2, 0.25) is 0 Å². The van der Waals surface area contributed by atoms with Crippen LogP contribution >= 0.6 is 0 Å². The molecule has 0 saturated carbocycles. The van der Waals surface area contributed by atoms with Gasteiger partial charge in [-0.25, -0.2) is 8.42 Å². The van der Waals surface area contributed by atoms with E-state index < -0.39 is 20.3 Å². The molecule has 0 aromatic heterocycles. The summed E-state index contributed by atoms with van der Waals surface area (Å²) >= 11 is 0. The van der Waals surface area contributed by atoms with E-state index in [4.69, 9.17) is 5.11 Å². The summed E-state index contributed by atoms with van der Waals surface area (Å²) in [5, 5.41) is 8.17. The molecule has 0 aliphatic carbocycles. The maximum absolute atomic E-state index is 13.1. The zero-order valence-electron chi connectivity index (χ0n) is 28.9. The molecule has 3 nitrogen and oxygen atoms in total. The van der Waals surface area contributed by atoms with Crippen LogP contribution in [0.1, 0.15) is 140 Å². The van der Waals surface area contributed by atoms with E-state index in [2.05, 4.69) is 78.0 Å². The van der Waals surface area contributed by atoms with Crippen molar-refractivity contribution in [3.05, 3.63) is 81.5 Å². The largest absolute Gasteiger partial charge is 0.392 e. The zero-order valence-corrected chi connectivity index (χ0v) is 29.7. The van der Waals surface area contributed by atoms with Gasteiger partial charge < -0.3 is 5.11 Å². The minimum Gasteiger partial charge on any atom is -0.392 e. The molecule has 0 aliphatic rings. The average Bonchev–Trinajstić information content (AvgIpc) is 2.88. The standard InChI is InChI=1S/C38H64O3S/c1-30(2)16-11-17-32(5)18-12-19-33(6)20-13-21-34(7)22-14-23-35(8)26-27-38(42(40,41)31(3)4)37(10)25-15-24-36(9)28-29-39/h16,18,20,22,25-26,28,31,38-39H,11-15,17,19,21,23-24,27,29H2,1-10H3/b32-18?,33-20?,34-22?,35-26+,36-28+,37-25?. The maximum atomic E-state index is 13.1. The van der Waals surface area contributed by atoms with Crippen molar-refractivity contribution < 1.29 is 13.5 Å². The van der Waals surface area contributed by atoms with Crippen LogP contribution in [0.15, 0.2) is 81.5 Å². The molecule has 0 amide bonds. The Kier molecular flexibility index (Phi) is 21.6. The fraction of sp³-hybridized carbons (Fsp3) is 0.632. The second kappa shape index (κ2) is 22.6. The number of sulfone groups is 1. The fourth-order valence-corrected chi connectivity index (χ4v) is 6.40. The molecule has 0 aromatic carbocycles. The van der Waals surface area contributed by atoms with Crippen LogP contribution in [0.2, 0.25) is 0 Å². The molecule has 0 fully saturated rings. The predicted octanol–water partition coefficient (Wildman–Crippen LogP) is 11.1. The smallest absolute Gasteiger partial charge is 0.159 e. The van der Waals surface area contributed by atoms with E-state index >= 15 is 0 Å². The van der Waals surface area contributed by atoms with Gasteiger partial charge in [0.1, 0.15) is 0 Å². The van der Waals surface area contributed by atoms with Crippen molar-refractivity contribution >= 4 is 9.84 Å². The van der Waals surface area contributed by atoms with E-state index in [0.29, 0.717) is 6.42 Å². The molecule has 4 heteroatoms. The molecule has 42 heavy (non-hydrogen) atoms. The lowest BCUT2D eigenvalue weighted by Crippen LogP contribution is -2.29. The molecular formula is C38H64O3S. The lowest BCUT2D eigenvalue weighted by atomic mass is 10.0. The van der Waals surface area contributed by atoms with E-state index in [9.17, 15) is 8.42 Å². The van der Waals surface area contributed by atoms with Gasteiger partial charge in [-0.05, 0) is 140 Å². The SMILES string of the molecule is CC(C)=CCCC(C)=CCCC(C)=CCCC(C)=CCC/C(C)=C/CC(C(C)=CCC/C(C)=C/CO)S(=O)(=O)C(C)C. The molecular weight excluding hydrogens is 536 g/mol. The lowest BCUT2D eigenvalue weighted by Gasteiger charge is -2.20. The summed E-state index contributed by atoms with van der Waals surface area (Å²) in [6, 6.07) is 0. The predicted molar refractivity (Wildman–Crippen MR) is 188 cm³/mol. The highest BCUT2D eigenvalue weighted by Gasteiger charge is 2.29.